The molecule has 7 heterocycles. The molecule has 7 aliphatic rings. The lowest BCUT2D eigenvalue weighted by Crippen LogP contribution is -2.66. The van der Waals surface area contributed by atoms with Crippen molar-refractivity contribution in [2.45, 2.75) is 144 Å². The van der Waals surface area contributed by atoms with Crippen molar-refractivity contribution in [2.24, 2.45) is 0 Å². The summed E-state index contributed by atoms with van der Waals surface area (Å²) in [7, 11) is -1.22. The molecule has 7 aliphatic heterocycles. The van der Waals surface area contributed by atoms with E-state index in [1.807, 2.05) is 0 Å². The Labute approximate surface area is 297 Å². The van der Waals surface area contributed by atoms with Crippen LogP contribution >= 0.6 is 0 Å². The van der Waals surface area contributed by atoms with Crippen molar-refractivity contribution in [1.29, 1.82) is 0 Å². The number of carbonyl (C=O) groups excluding carboxylic acids is 1. The maximum absolute atomic E-state index is 12.0. The Kier molecular flexibility index (Phi) is 9.38. The summed E-state index contributed by atoms with van der Waals surface area (Å²) in [4.78, 5) is 12.0. The van der Waals surface area contributed by atoms with E-state index in [2.05, 4.69) is 88.0 Å². The first kappa shape index (κ1) is 34.7. The van der Waals surface area contributed by atoms with Gasteiger partial charge in [0.1, 0.15) is 30.5 Å². The fourth-order valence-electron chi connectivity index (χ4n) is 9.60. The van der Waals surface area contributed by atoms with Gasteiger partial charge in [-0.3, -0.25) is 4.79 Å². The van der Waals surface area contributed by atoms with Crippen LogP contribution in [0.15, 0.2) is 72.8 Å². The van der Waals surface area contributed by atoms with E-state index in [9.17, 15) is 4.79 Å². The molecule has 9 nitrogen and oxygen atoms in total. The number of hydrogen-bond donors (Lipinski definition) is 0. The van der Waals surface area contributed by atoms with Crippen LogP contribution in [0.25, 0.3) is 0 Å². The number of fused-ring (bicyclic) bond motifs is 1. The molecule has 0 aromatic heterocycles. The molecule has 9 rings (SSSR count). The van der Waals surface area contributed by atoms with Crippen LogP contribution in [0.1, 0.15) is 72.1 Å². The van der Waals surface area contributed by atoms with Crippen molar-refractivity contribution in [2.75, 3.05) is 13.7 Å². The first-order valence-corrected chi connectivity index (χ1v) is 20.5. The molecule has 0 radical (unpaired) electrons. The average Bonchev–Trinajstić information content (AvgIpc) is 3.69. The zero-order chi connectivity index (χ0) is 34.7. The van der Waals surface area contributed by atoms with Crippen LogP contribution in [-0.4, -0.2) is 94.8 Å². The molecule has 2 aromatic rings. The fraction of sp³-hybridized carbons (Fsp3) is 0.625. The van der Waals surface area contributed by atoms with Crippen LogP contribution in [0.3, 0.4) is 0 Å². The van der Waals surface area contributed by atoms with Gasteiger partial charge in [0, 0.05) is 19.4 Å². The van der Waals surface area contributed by atoms with Crippen molar-refractivity contribution in [3.63, 3.8) is 0 Å². The molecule has 0 unspecified atom stereocenters. The first-order chi connectivity index (χ1) is 24.1. The minimum Gasteiger partial charge on any atom is -0.469 e. The van der Waals surface area contributed by atoms with Crippen molar-refractivity contribution >= 4 is 24.7 Å². The average molecular weight is 705 g/mol. The maximum Gasteiger partial charge on any atom is 0.308 e. The van der Waals surface area contributed by atoms with E-state index in [-0.39, 0.29) is 78.5 Å². The Morgan fingerprint density at radius 2 is 1.48 bits per heavy atom. The predicted octanol–water partition coefficient (Wildman–Crippen LogP) is 4.98. The van der Waals surface area contributed by atoms with Crippen LogP contribution in [0.4, 0.5) is 0 Å². The van der Waals surface area contributed by atoms with E-state index in [0.717, 1.165) is 37.7 Å². The molecular weight excluding hydrogens is 653 g/mol. The highest BCUT2D eigenvalue weighted by atomic mass is 28.4. The summed E-state index contributed by atoms with van der Waals surface area (Å²) >= 11 is 0. The molecule has 0 amide bonds. The third kappa shape index (κ3) is 6.13. The summed E-state index contributed by atoms with van der Waals surface area (Å²) in [5.74, 6) is -1.05. The number of esters is 1. The van der Waals surface area contributed by atoms with Crippen molar-refractivity contribution in [3.8, 4) is 0 Å². The number of benzene rings is 2. The fourth-order valence-corrected chi connectivity index (χ4v) is 14.2. The monoisotopic (exact) mass is 704 g/mol. The lowest BCUT2D eigenvalue weighted by molar-refractivity contribution is -0.293. The highest BCUT2D eigenvalue weighted by Gasteiger charge is 2.68. The van der Waals surface area contributed by atoms with E-state index >= 15 is 0 Å². The third-order valence-corrected chi connectivity index (χ3v) is 17.0. The lowest BCUT2D eigenvalue weighted by atomic mass is 9.87. The second-order valence-electron chi connectivity index (χ2n) is 16.1. The van der Waals surface area contributed by atoms with E-state index in [4.69, 9.17) is 37.6 Å². The minimum absolute atomic E-state index is 0.0268. The predicted molar refractivity (Wildman–Crippen MR) is 189 cm³/mol. The molecule has 0 saturated carbocycles. The Bertz CT molecular complexity index is 1490. The molecule has 0 N–H and O–H groups in total. The van der Waals surface area contributed by atoms with Gasteiger partial charge in [-0.2, -0.15) is 0 Å². The van der Waals surface area contributed by atoms with Gasteiger partial charge in [-0.05, 0) is 53.1 Å². The van der Waals surface area contributed by atoms with E-state index in [0.29, 0.717) is 19.4 Å². The van der Waals surface area contributed by atoms with E-state index in [1.54, 1.807) is 0 Å². The highest BCUT2D eigenvalue weighted by Crippen LogP contribution is 2.54. The molecule has 0 spiro atoms. The largest absolute Gasteiger partial charge is 0.469 e. The normalized spacial score (nSPS) is 37.5. The molecule has 7 fully saturated rings. The number of carbonyl (C=O) groups is 1. The Hall–Kier alpha value is -2.41. The van der Waals surface area contributed by atoms with Gasteiger partial charge in [-0.25, -0.2) is 0 Å². The maximum atomic E-state index is 12.0. The minimum atomic E-state index is -2.63. The number of ether oxygens (including phenoxy) is 7. The molecule has 7 saturated heterocycles. The summed E-state index contributed by atoms with van der Waals surface area (Å²) in [5, 5.41) is 2.48. The molecule has 11 atom stereocenters. The van der Waals surface area contributed by atoms with E-state index < -0.39 is 14.1 Å². The SMILES string of the molecule is C=C1C[C@H](CC[C@@]23C[C@@H]4O[C@@H]5[C@@H](O[C@H]6CC[C@H](CC(=O)OC)O[C@@H]6[C@@H]5O2)[C@H]4O3)O[C@H]1CCO[Si](c1ccccc1)(c1ccccc1)C(C)(C)C. The quantitative estimate of drug-likeness (QED) is 0.183. The van der Waals surface area contributed by atoms with Gasteiger partial charge in [0.05, 0.1) is 44.1 Å². The summed E-state index contributed by atoms with van der Waals surface area (Å²) in [6, 6.07) is 21.5. The molecule has 6 bridgehead atoms. The molecule has 50 heavy (non-hydrogen) atoms. The van der Waals surface area contributed by atoms with E-state index in [1.165, 1.54) is 17.5 Å². The zero-order valence-corrected chi connectivity index (χ0v) is 30.8. The van der Waals surface area contributed by atoms with Crippen LogP contribution in [0.2, 0.25) is 5.04 Å². The third-order valence-electron chi connectivity index (χ3n) is 11.9. The van der Waals surface area contributed by atoms with Crippen LogP contribution in [0, 0.1) is 0 Å². The van der Waals surface area contributed by atoms with Crippen molar-refractivity contribution in [3.05, 3.63) is 72.8 Å². The van der Waals surface area contributed by atoms with Gasteiger partial charge >= 0.3 is 5.97 Å². The van der Waals surface area contributed by atoms with Gasteiger partial charge in [0.15, 0.2) is 5.79 Å². The highest BCUT2D eigenvalue weighted by molar-refractivity contribution is 6.99. The number of hydrogen-bond acceptors (Lipinski definition) is 9. The molecule has 270 valence electrons. The van der Waals surface area contributed by atoms with Crippen LogP contribution in [-0.2, 0) is 42.4 Å². The summed E-state index contributed by atoms with van der Waals surface area (Å²) in [6.07, 6.45) is 3.85. The lowest BCUT2D eigenvalue weighted by Gasteiger charge is -2.47. The Morgan fingerprint density at radius 1 is 0.820 bits per heavy atom. The second kappa shape index (κ2) is 13.5. The standard InChI is InChI=1S/C40H52O9Si/c1-25-22-27(44-30(25)19-21-43-50(39(2,3)4,28-12-8-6-9-13-28)29-14-10-7-11-15-29)18-20-40-24-32-35(48-40)36-37(47-32)38(49-40)34-31(46-36)17-16-26(45-34)23-33(41)42-5/h6-15,26-27,30-32,34-38H,1,16-24H2,2-5H3/t26-,27+,30+,31+,32+,34+,35+,36+,37-,38+,40+/m1/s1. The first-order valence-electron chi connectivity index (χ1n) is 18.6. The van der Waals surface area contributed by atoms with Crippen LogP contribution in [0.5, 0.6) is 0 Å². The van der Waals surface area contributed by atoms with Gasteiger partial charge in [0.2, 0.25) is 0 Å². The van der Waals surface area contributed by atoms with Gasteiger partial charge in [-0.15, -0.1) is 0 Å². The smallest absolute Gasteiger partial charge is 0.308 e. The topological polar surface area (TPSA) is 90.9 Å². The Balaban J connectivity index is 0.917. The summed E-state index contributed by atoms with van der Waals surface area (Å²) in [6.45, 7) is 12.0. The zero-order valence-electron chi connectivity index (χ0n) is 29.8. The summed E-state index contributed by atoms with van der Waals surface area (Å²) in [5.41, 5.74) is 1.12. The number of methoxy groups -OCH3 is 1. The van der Waals surface area contributed by atoms with Crippen LogP contribution < -0.4 is 10.4 Å². The number of rotatable bonds is 11. The van der Waals surface area contributed by atoms with Crippen molar-refractivity contribution < 1.29 is 42.4 Å². The van der Waals surface area contributed by atoms with Gasteiger partial charge in [-0.1, -0.05) is 88.0 Å². The molecule has 10 heteroatoms. The summed E-state index contributed by atoms with van der Waals surface area (Å²) < 4.78 is 52.0. The molecule has 2 aromatic carbocycles. The molecular formula is C40H52O9Si. The van der Waals surface area contributed by atoms with Gasteiger partial charge in [0.25, 0.3) is 8.32 Å². The molecule has 0 aliphatic carbocycles. The van der Waals surface area contributed by atoms with Gasteiger partial charge < -0.3 is 37.6 Å². The Morgan fingerprint density at radius 3 is 2.16 bits per heavy atom. The van der Waals surface area contributed by atoms with Crippen molar-refractivity contribution in [1.82, 2.24) is 0 Å². The second-order valence-corrected chi connectivity index (χ2v) is 20.4.